The molecular formula is C124H121N11. The summed E-state index contributed by atoms with van der Waals surface area (Å²) in [6.07, 6.45) is 11.4. The van der Waals surface area contributed by atoms with E-state index in [2.05, 4.69) is 502 Å². The number of fused-ring (bicyclic) bond motifs is 24. The lowest BCUT2D eigenvalue weighted by atomic mass is 9.99. The summed E-state index contributed by atoms with van der Waals surface area (Å²) in [5.41, 5.74) is 23.0. The Morgan fingerprint density at radius 1 is 0.185 bits per heavy atom. The fraction of sp³-hybridized carbons (Fsp3) is 0.194. The van der Waals surface area contributed by atoms with Crippen LogP contribution in [0, 0.1) is 0 Å². The summed E-state index contributed by atoms with van der Waals surface area (Å²) in [7, 11) is 0. The molecule has 25 aromatic rings. The number of hydrogen-bond donors (Lipinski definition) is 0. The largest absolute Gasteiger partial charge is 0.338 e. The van der Waals surface area contributed by atoms with E-state index in [0.717, 1.165) is 11.2 Å². The van der Waals surface area contributed by atoms with Crippen LogP contribution >= 0.6 is 0 Å². The summed E-state index contributed by atoms with van der Waals surface area (Å²) in [5.74, 6) is 0.606. The minimum Gasteiger partial charge on any atom is -0.338 e. The summed E-state index contributed by atoms with van der Waals surface area (Å²) in [6.45, 7) is 35.6. The smallest absolute Gasteiger partial charge is 0.141 e. The first-order valence-electron chi connectivity index (χ1n) is 48.0. The van der Waals surface area contributed by atoms with Crippen LogP contribution in [0.25, 0.3) is 186 Å². The van der Waals surface area contributed by atoms with Gasteiger partial charge >= 0.3 is 0 Å². The number of pyridine rings is 4. The standard InChI is InChI=1S/2C19H17N.C15H15N.C15H16.4C14H14N2/c1-13(2)20-18-10-6-5-9-16(18)17-11-14-7-3-4-8-15(14)12-19(17)20;1-13(2)20-18-10-6-5-9-16(18)17-12-11-14-7-3-4-8-15(14)19(17)20;1-11(2)16-14-9-5-3-7-12(14)13-8-4-6-10-15(13)16;1-12(2)13-8-10-15(11-9-13)14-6-4-3-5-7-14;1-10(2)16-13-8-4-3-6-11(13)12-7-5-9-15-14(12)16;1-10(2)16-12-7-4-3-6-11(12)14-13(16)8-5-9-15-14;1-10(2)16-13-6-4-3-5-11(13)12-9-15-8-7-14(12)16;1-10(2)16-13-6-4-3-5-11(13)12-7-8-15-9-14(12)16/h2*3-13H,1-2H3;3-11H,1-2H3;3-12H,1-2H3;4*3-10H,1-2H3. The monoisotopic (exact) mass is 1760 g/mol. The normalized spacial score (nSPS) is 11.6. The number of nitrogens with zero attached hydrogens (tertiary/aromatic N) is 11. The Labute approximate surface area is 791 Å². The van der Waals surface area contributed by atoms with Gasteiger partial charge in [-0.1, -0.05) is 275 Å². The van der Waals surface area contributed by atoms with Crippen molar-refractivity contribution in [2.75, 3.05) is 0 Å². The van der Waals surface area contributed by atoms with E-state index in [0.29, 0.717) is 48.2 Å². The van der Waals surface area contributed by atoms with Crippen LogP contribution in [-0.4, -0.2) is 51.9 Å². The lowest BCUT2D eigenvalue weighted by Crippen LogP contribution is -2.00. The van der Waals surface area contributed by atoms with Gasteiger partial charge in [-0.2, -0.15) is 0 Å². The molecule has 11 heteroatoms. The molecule has 0 aliphatic heterocycles. The van der Waals surface area contributed by atoms with Crippen molar-refractivity contribution < 1.29 is 0 Å². The van der Waals surface area contributed by atoms with Gasteiger partial charge in [-0.05, 0) is 233 Å². The van der Waals surface area contributed by atoms with Gasteiger partial charge in [-0.15, -0.1) is 0 Å². The molecule has 0 aliphatic carbocycles. The molecule has 0 atom stereocenters. The van der Waals surface area contributed by atoms with Crippen LogP contribution in [0.2, 0.25) is 0 Å². The molecule has 25 rings (SSSR count). The van der Waals surface area contributed by atoms with Crippen LogP contribution in [0.5, 0.6) is 0 Å². The zero-order chi connectivity index (χ0) is 93.7. The van der Waals surface area contributed by atoms with E-state index >= 15 is 0 Å². The first-order valence-corrected chi connectivity index (χ1v) is 48.0. The maximum Gasteiger partial charge on any atom is 0.141 e. The molecule has 0 radical (unpaired) electrons. The molecule has 0 unspecified atom stereocenters. The molecule has 672 valence electrons. The van der Waals surface area contributed by atoms with Gasteiger partial charge in [0.25, 0.3) is 0 Å². The second-order valence-electron chi connectivity index (χ2n) is 37.5. The van der Waals surface area contributed by atoms with E-state index in [1.807, 2.05) is 55.4 Å². The Bertz CT molecular complexity index is 7500. The Balaban J connectivity index is 0.000000103. The molecule has 0 bridgehead atoms. The first kappa shape index (κ1) is 90.3. The third-order valence-corrected chi connectivity index (χ3v) is 26.0. The van der Waals surface area contributed by atoms with Crippen molar-refractivity contribution in [3.63, 3.8) is 0 Å². The zero-order valence-corrected chi connectivity index (χ0v) is 80.6. The maximum atomic E-state index is 4.50. The van der Waals surface area contributed by atoms with E-state index in [1.165, 1.54) is 180 Å². The molecule has 11 nitrogen and oxygen atoms in total. The second kappa shape index (κ2) is 39.7. The third-order valence-electron chi connectivity index (χ3n) is 26.0. The highest BCUT2D eigenvalue weighted by Gasteiger charge is 2.21. The molecule has 0 fully saturated rings. The van der Waals surface area contributed by atoms with Gasteiger partial charge in [-0.25, -0.2) is 4.98 Å². The molecule has 0 spiro atoms. The van der Waals surface area contributed by atoms with Gasteiger partial charge in [0.1, 0.15) is 5.65 Å². The van der Waals surface area contributed by atoms with Crippen molar-refractivity contribution in [3.05, 3.63) is 401 Å². The fourth-order valence-corrected chi connectivity index (χ4v) is 20.3. The highest BCUT2D eigenvalue weighted by molar-refractivity contribution is 6.19. The highest BCUT2D eigenvalue weighted by Crippen LogP contribution is 2.41. The lowest BCUT2D eigenvalue weighted by molar-refractivity contribution is 0.637. The zero-order valence-electron chi connectivity index (χ0n) is 80.6. The topological polar surface area (TPSA) is 86.1 Å². The predicted molar refractivity (Wildman–Crippen MR) is 581 cm³/mol. The van der Waals surface area contributed by atoms with Crippen molar-refractivity contribution >= 4 is 174 Å². The average Bonchev–Trinajstić information content (AvgIpc) is 1.58. The number of aromatic nitrogens is 11. The van der Waals surface area contributed by atoms with Crippen LogP contribution in [-0.2, 0) is 0 Å². The number of hydrogen-bond acceptors (Lipinski definition) is 4. The lowest BCUT2D eigenvalue weighted by Gasteiger charge is -2.13. The molecule has 11 aromatic heterocycles. The van der Waals surface area contributed by atoms with Gasteiger partial charge in [0, 0.05) is 187 Å². The Kier molecular flexibility index (Phi) is 26.6. The van der Waals surface area contributed by atoms with Gasteiger partial charge < -0.3 is 32.0 Å². The summed E-state index contributed by atoms with van der Waals surface area (Å²) >= 11 is 0. The third kappa shape index (κ3) is 17.8. The number of rotatable bonds is 9. The molecule has 0 amide bonds. The molecule has 11 heterocycles. The molecule has 14 aromatic carbocycles. The van der Waals surface area contributed by atoms with Crippen LogP contribution in [0.1, 0.15) is 165 Å². The summed E-state index contributed by atoms with van der Waals surface area (Å²) in [6, 6.07) is 130. The fourth-order valence-electron chi connectivity index (χ4n) is 20.3. The molecule has 0 aliphatic rings. The Hall–Kier alpha value is -15.2. The maximum absolute atomic E-state index is 4.50. The van der Waals surface area contributed by atoms with Crippen molar-refractivity contribution in [1.29, 1.82) is 0 Å². The van der Waals surface area contributed by atoms with E-state index in [1.54, 1.807) is 0 Å². The second-order valence-corrected chi connectivity index (χ2v) is 37.5. The van der Waals surface area contributed by atoms with Gasteiger partial charge in [0.2, 0.25) is 0 Å². The molecule has 135 heavy (non-hydrogen) atoms. The molecule has 0 saturated carbocycles. The Morgan fingerprint density at radius 3 is 1.03 bits per heavy atom. The van der Waals surface area contributed by atoms with Crippen LogP contribution in [0.15, 0.2) is 395 Å². The number of para-hydroxylation sites is 8. The van der Waals surface area contributed by atoms with Crippen molar-refractivity contribution in [1.82, 2.24) is 51.9 Å². The highest BCUT2D eigenvalue weighted by atomic mass is 15.1. The molecular weight excluding hydrogens is 1640 g/mol. The van der Waals surface area contributed by atoms with Crippen molar-refractivity contribution in [2.24, 2.45) is 0 Å². The molecule has 0 N–H and O–H groups in total. The van der Waals surface area contributed by atoms with E-state index in [-0.39, 0.29) is 0 Å². The summed E-state index contributed by atoms with van der Waals surface area (Å²) in [5, 5.41) is 22.3. The quantitative estimate of drug-likeness (QED) is 0.144. The molecule has 0 saturated heterocycles. The van der Waals surface area contributed by atoms with Crippen LogP contribution in [0.4, 0.5) is 0 Å². The average molecular weight is 1770 g/mol. The minimum absolute atomic E-state index is 0.428. The van der Waals surface area contributed by atoms with Crippen molar-refractivity contribution in [2.45, 2.75) is 159 Å². The van der Waals surface area contributed by atoms with E-state index in [4.69, 9.17) is 0 Å². The van der Waals surface area contributed by atoms with Crippen LogP contribution in [0.3, 0.4) is 0 Å². The van der Waals surface area contributed by atoms with E-state index < -0.39 is 0 Å². The first-order chi connectivity index (χ1) is 65.7. The SMILES string of the molecule is CC(C)c1ccc(-c2ccccc2)cc1.CC(C)n1c2ccccc2c2cc3ccccc3cc21.CC(C)n1c2ccccc2c2ccc3ccccc3c21.CC(C)n1c2ccccc2c2ccccc21.CC(C)n1c2ccccc2c2cccnc21.CC(C)n1c2ccccc2c2ccncc21.CC(C)n1c2ccccc2c2cnccc21.CC(C)n1c2ccccc2c2ncccc21. The summed E-state index contributed by atoms with van der Waals surface area (Å²) in [4.78, 5) is 17.4. The van der Waals surface area contributed by atoms with E-state index in [9.17, 15) is 0 Å². The van der Waals surface area contributed by atoms with Gasteiger partial charge in [0.05, 0.1) is 44.8 Å². The minimum atomic E-state index is 0.428. The van der Waals surface area contributed by atoms with Crippen LogP contribution < -0.4 is 0 Å². The summed E-state index contributed by atoms with van der Waals surface area (Å²) < 4.78 is 16.7. The predicted octanol–water partition coefficient (Wildman–Crippen LogP) is 35.0. The Morgan fingerprint density at radius 2 is 0.519 bits per heavy atom. The van der Waals surface area contributed by atoms with Gasteiger partial charge in [-0.3, -0.25) is 15.0 Å². The van der Waals surface area contributed by atoms with Crippen molar-refractivity contribution in [3.8, 4) is 11.1 Å². The number of benzene rings is 14. The van der Waals surface area contributed by atoms with Gasteiger partial charge in [0.15, 0.2) is 0 Å².